The van der Waals surface area contributed by atoms with Crippen molar-refractivity contribution in [2.24, 2.45) is 0 Å². The van der Waals surface area contributed by atoms with Gasteiger partial charge in [-0.25, -0.2) is 9.97 Å². The number of pyridine rings is 1. The van der Waals surface area contributed by atoms with Gasteiger partial charge >= 0.3 is 0 Å². The van der Waals surface area contributed by atoms with Gasteiger partial charge in [0.2, 0.25) is 5.91 Å². The fourth-order valence-corrected chi connectivity index (χ4v) is 3.15. The molecule has 3 aromatic rings. The molecule has 25 heavy (non-hydrogen) atoms. The molecule has 0 unspecified atom stereocenters. The van der Waals surface area contributed by atoms with Gasteiger partial charge in [0.15, 0.2) is 5.65 Å². The van der Waals surface area contributed by atoms with Gasteiger partial charge in [-0.05, 0) is 55.7 Å². The molecule has 0 saturated heterocycles. The lowest BCUT2D eigenvalue weighted by atomic mass is 10.1. The molecule has 0 aliphatic carbocycles. The summed E-state index contributed by atoms with van der Waals surface area (Å²) in [6.07, 6.45) is 3.80. The summed E-state index contributed by atoms with van der Waals surface area (Å²) in [6.45, 7) is 7.05. The van der Waals surface area contributed by atoms with Crippen LogP contribution in [0.3, 0.4) is 0 Å². The van der Waals surface area contributed by atoms with E-state index in [1.54, 1.807) is 6.20 Å². The Bertz CT molecular complexity index is 878. The van der Waals surface area contributed by atoms with Crippen LogP contribution >= 0.6 is 0 Å². The van der Waals surface area contributed by atoms with Crippen LogP contribution in [0.25, 0.3) is 11.2 Å². The van der Waals surface area contributed by atoms with Crippen molar-refractivity contribution in [3.63, 3.8) is 0 Å². The number of carbonyl (C=O) groups is 1. The average molecular weight is 336 g/mol. The highest BCUT2D eigenvalue weighted by Crippen LogP contribution is 2.17. The van der Waals surface area contributed by atoms with Crippen LogP contribution in [0.15, 0.2) is 36.5 Å². The maximum atomic E-state index is 12.3. The Morgan fingerprint density at radius 1 is 1.20 bits per heavy atom. The molecule has 1 amide bonds. The molecule has 5 nitrogen and oxygen atoms in total. The van der Waals surface area contributed by atoms with E-state index in [1.165, 1.54) is 0 Å². The zero-order valence-corrected chi connectivity index (χ0v) is 15.0. The molecule has 0 radical (unpaired) electrons. The van der Waals surface area contributed by atoms with Crippen LogP contribution in [0.2, 0.25) is 0 Å². The number of anilines is 1. The quantitative estimate of drug-likeness (QED) is 0.739. The Morgan fingerprint density at radius 3 is 2.68 bits per heavy atom. The SMILES string of the molecule is CCCn1c(CCC(=O)Nc2cc(C)cc(C)c2)nc2cccnc21. The Labute approximate surface area is 148 Å². The number of hydrogen-bond donors (Lipinski definition) is 1. The van der Waals surface area contributed by atoms with E-state index < -0.39 is 0 Å². The van der Waals surface area contributed by atoms with Gasteiger partial charge in [0.05, 0.1) is 0 Å². The van der Waals surface area contributed by atoms with Gasteiger partial charge in [0.1, 0.15) is 11.3 Å². The first-order chi connectivity index (χ1) is 12.1. The van der Waals surface area contributed by atoms with Crippen molar-refractivity contribution in [2.45, 2.75) is 46.6 Å². The van der Waals surface area contributed by atoms with E-state index >= 15 is 0 Å². The summed E-state index contributed by atoms with van der Waals surface area (Å²) in [4.78, 5) is 21.4. The number of imidazole rings is 1. The fourth-order valence-electron chi connectivity index (χ4n) is 3.15. The average Bonchev–Trinajstić information content (AvgIpc) is 2.90. The summed E-state index contributed by atoms with van der Waals surface area (Å²) < 4.78 is 2.12. The van der Waals surface area contributed by atoms with Gasteiger partial charge < -0.3 is 9.88 Å². The van der Waals surface area contributed by atoms with Crippen molar-refractivity contribution < 1.29 is 4.79 Å². The highest BCUT2D eigenvalue weighted by atomic mass is 16.1. The van der Waals surface area contributed by atoms with Crippen molar-refractivity contribution in [3.05, 3.63) is 53.5 Å². The van der Waals surface area contributed by atoms with E-state index in [9.17, 15) is 4.79 Å². The number of hydrogen-bond acceptors (Lipinski definition) is 3. The van der Waals surface area contributed by atoms with Crippen LogP contribution < -0.4 is 5.32 Å². The van der Waals surface area contributed by atoms with Crippen LogP contribution in [0.4, 0.5) is 5.69 Å². The number of rotatable bonds is 6. The summed E-state index contributed by atoms with van der Waals surface area (Å²) in [5, 5.41) is 2.99. The summed E-state index contributed by atoms with van der Waals surface area (Å²) in [5.74, 6) is 0.930. The van der Waals surface area contributed by atoms with Crippen molar-refractivity contribution in [2.75, 3.05) is 5.32 Å². The summed E-state index contributed by atoms with van der Waals surface area (Å²) in [6, 6.07) is 9.92. The second-order valence-electron chi connectivity index (χ2n) is 6.45. The van der Waals surface area contributed by atoms with Crippen LogP contribution in [-0.4, -0.2) is 20.4 Å². The largest absolute Gasteiger partial charge is 0.326 e. The number of nitrogens with zero attached hydrogens (tertiary/aromatic N) is 3. The summed E-state index contributed by atoms with van der Waals surface area (Å²) in [7, 11) is 0. The molecule has 0 saturated carbocycles. The molecule has 0 aliphatic rings. The summed E-state index contributed by atoms with van der Waals surface area (Å²) >= 11 is 0. The van der Waals surface area contributed by atoms with E-state index in [4.69, 9.17) is 0 Å². The third kappa shape index (κ3) is 4.05. The van der Waals surface area contributed by atoms with Gasteiger partial charge in [0, 0.05) is 31.3 Å². The van der Waals surface area contributed by atoms with E-state index in [2.05, 4.69) is 32.8 Å². The number of fused-ring (bicyclic) bond motifs is 1. The van der Waals surface area contributed by atoms with Crippen molar-refractivity contribution in [1.29, 1.82) is 0 Å². The lowest BCUT2D eigenvalue weighted by molar-refractivity contribution is -0.116. The standard InChI is InChI=1S/C20H24N4O/c1-4-10-24-18(23-17-6-5-9-21-20(17)24)7-8-19(25)22-16-12-14(2)11-15(3)13-16/h5-6,9,11-13H,4,7-8,10H2,1-3H3,(H,22,25). The Balaban J connectivity index is 1.71. The number of carbonyl (C=O) groups excluding carboxylic acids is 1. The fraction of sp³-hybridized carbons (Fsp3) is 0.350. The molecule has 1 N–H and O–H groups in total. The number of aromatic nitrogens is 3. The van der Waals surface area contributed by atoms with Crippen LogP contribution in [0.5, 0.6) is 0 Å². The predicted octanol–water partition coefficient (Wildman–Crippen LogP) is 4.03. The summed E-state index contributed by atoms with van der Waals surface area (Å²) in [5.41, 5.74) is 4.93. The monoisotopic (exact) mass is 336 g/mol. The molecule has 0 fully saturated rings. The molecule has 130 valence electrons. The van der Waals surface area contributed by atoms with Crippen molar-refractivity contribution in [3.8, 4) is 0 Å². The molecule has 0 bridgehead atoms. The van der Waals surface area contributed by atoms with Gasteiger partial charge in [-0.1, -0.05) is 13.0 Å². The van der Waals surface area contributed by atoms with E-state index in [0.717, 1.165) is 46.8 Å². The van der Waals surface area contributed by atoms with Crippen LogP contribution in [0.1, 0.15) is 36.7 Å². The number of nitrogens with one attached hydrogen (secondary N) is 1. The Morgan fingerprint density at radius 2 is 1.96 bits per heavy atom. The molecule has 2 aromatic heterocycles. The number of amides is 1. The molecule has 3 rings (SSSR count). The normalized spacial score (nSPS) is 11.0. The second-order valence-corrected chi connectivity index (χ2v) is 6.45. The number of benzene rings is 1. The highest BCUT2D eigenvalue weighted by molar-refractivity contribution is 5.91. The molecule has 5 heteroatoms. The minimum absolute atomic E-state index is 0.00747. The zero-order valence-electron chi connectivity index (χ0n) is 15.0. The van der Waals surface area contributed by atoms with Crippen molar-refractivity contribution in [1.82, 2.24) is 14.5 Å². The molecular weight excluding hydrogens is 312 g/mol. The molecular formula is C20H24N4O. The second kappa shape index (κ2) is 7.47. The van der Waals surface area contributed by atoms with Gasteiger partial charge in [-0.15, -0.1) is 0 Å². The third-order valence-electron chi connectivity index (χ3n) is 4.11. The molecule has 0 aliphatic heterocycles. The van der Waals surface area contributed by atoms with E-state index in [0.29, 0.717) is 12.8 Å². The van der Waals surface area contributed by atoms with Gasteiger partial charge in [-0.2, -0.15) is 0 Å². The Kier molecular flexibility index (Phi) is 5.12. The highest BCUT2D eigenvalue weighted by Gasteiger charge is 2.12. The maximum Gasteiger partial charge on any atom is 0.224 e. The van der Waals surface area contributed by atoms with Crippen LogP contribution in [0, 0.1) is 13.8 Å². The number of aryl methyl sites for hydroxylation is 4. The van der Waals surface area contributed by atoms with Crippen molar-refractivity contribution >= 4 is 22.8 Å². The third-order valence-corrected chi connectivity index (χ3v) is 4.11. The topological polar surface area (TPSA) is 59.8 Å². The van der Waals surface area contributed by atoms with Gasteiger partial charge in [-0.3, -0.25) is 4.79 Å². The zero-order chi connectivity index (χ0) is 17.8. The maximum absolute atomic E-state index is 12.3. The first-order valence-corrected chi connectivity index (χ1v) is 8.75. The van der Waals surface area contributed by atoms with Crippen LogP contribution in [-0.2, 0) is 17.8 Å². The molecule has 0 atom stereocenters. The molecule has 1 aromatic carbocycles. The minimum atomic E-state index is 0.00747. The minimum Gasteiger partial charge on any atom is -0.326 e. The van der Waals surface area contributed by atoms with E-state index in [1.807, 2.05) is 38.1 Å². The van der Waals surface area contributed by atoms with Gasteiger partial charge in [0.25, 0.3) is 0 Å². The predicted molar refractivity (Wildman–Crippen MR) is 101 cm³/mol. The molecule has 0 spiro atoms. The lowest BCUT2D eigenvalue weighted by Crippen LogP contribution is -2.14. The molecule has 2 heterocycles. The smallest absolute Gasteiger partial charge is 0.224 e. The first-order valence-electron chi connectivity index (χ1n) is 8.75. The lowest BCUT2D eigenvalue weighted by Gasteiger charge is -2.09. The first kappa shape index (κ1) is 17.1. The van der Waals surface area contributed by atoms with E-state index in [-0.39, 0.29) is 5.91 Å². The Hall–Kier alpha value is -2.69.